The molecule has 0 heterocycles. The summed E-state index contributed by atoms with van der Waals surface area (Å²) in [5, 5.41) is 2.91. The van der Waals surface area contributed by atoms with Gasteiger partial charge in [0.2, 0.25) is 0 Å². The Hall–Kier alpha value is -2.64. The van der Waals surface area contributed by atoms with Crippen molar-refractivity contribution in [2.24, 2.45) is 0 Å². The topological polar surface area (TPSA) is 79.5 Å². The number of benzene rings is 2. The van der Waals surface area contributed by atoms with Gasteiger partial charge in [0.05, 0.1) is 0 Å². The fourth-order valence-electron chi connectivity index (χ4n) is 2.09. The summed E-state index contributed by atoms with van der Waals surface area (Å²) in [5.74, 6) is -0.228. The molecule has 6 nitrogen and oxygen atoms in total. The van der Waals surface area contributed by atoms with Crippen LogP contribution in [0, 0.1) is 13.8 Å². The number of aryl methyl sites for hydroxylation is 2. The van der Waals surface area contributed by atoms with E-state index in [1.807, 2.05) is 26.0 Å². The molecule has 0 aliphatic rings. The van der Waals surface area contributed by atoms with E-state index in [-0.39, 0.29) is 11.7 Å². The predicted octanol–water partition coefficient (Wildman–Crippen LogP) is 2.67. The van der Waals surface area contributed by atoms with Crippen LogP contribution in [0.5, 0.6) is 5.75 Å². The van der Waals surface area contributed by atoms with Crippen molar-refractivity contribution < 1.29 is 14.3 Å². The van der Waals surface area contributed by atoms with Gasteiger partial charge in [-0.2, -0.15) is 0 Å². The van der Waals surface area contributed by atoms with Gasteiger partial charge in [0.1, 0.15) is 5.75 Å². The number of amides is 2. The lowest BCUT2D eigenvalue weighted by molar-refractivity contribution is -0.121. The third kappa shape index (κ3) is 6.02. The summed E-state index contributed by atoms with van der Waals surface area (Å²) in [6.45, 7) is 3.68. The third-order valence-electron chi connectivity index (χ3n) is 3.34. The van der Waals surface area contributed by atoms with E-state index in [0.717, 1.165) is 11.1 Å². The van der Waals surface area contributed by atoms with Crippen LogP contribution in [-0.4, -0.2) is 23.5 Å². The van der Waals surface area contributed by atoms with Crippen LogP contribution in [0.4, 0.5) is 0 Å². The van der Waals surface area contributed by atoms with E-state index >= 15 is 0 Å². The van der Waals surface area contributed by atoms with Gasteiger partial charge in [0.15, 0.2) is 11.7 Å². The molecular formula is C18H18ClN3O3S. The fraction of sp³-hybridized carbons (Fsp3) is 0.167. The van der Waals surface area contributed by atoms with Gasteiger partial charge in [0, 0.05) is 10.6 Å². The van der Waals surface area contributed by atoms with Crippen molar-refractivity contribution in [2.45, 2.75) is 13.8 Å². The molecule has 0 unspecified atom stereocenters. The first-order chi connectivity index (χ1) is 12.3. The molecule has 3 N–H and O–H groups in total. The highest BCUT2D eigenvalue weighted by Crippen LogP contribution is 2.18. The minimum absolute atomic E-state index is 0.0402. The summed E-state index contributed by atoms with van der Waals surface area (Å²) >= 11 is 10.7. The summed E-state index contributed by atoms with van der Waals surface area (Å²) in [5.41, 5.74) is 7.29. The van der Waals surface area contributed by atoms with Gasteiger partial charge in [-0.25, -0.2) is 0 Å². The maximum Gasteiger partial charge on any atom is 0.269 e. The normalized spacial score (nSPS) is 9.96. The van der Waals surface area contributed by atoms with Crippen molar-refractivity contribution in [1.82, 2.24) is 16.2 Å². The number of hydrogen-bond donors (Lipinski definition) is 3. The minimum atomic E-state index is -0.441. The summed E-state index contributed by atoms with van der Waals surface area (Å²) in [7, 11) is 0. The second kappa shape index (κ2) is 9.17. The number of thiocarbonyl (C=S) groups is 1. The van der Waals surface area contributed by atoms with E-state index < -0.39 is 11.8 Å². The molecular weight excluding hydrogens is 374 g/mol. The van der Waals surface area contributed by atoms with E-state index in [1.165, 1.54) is 0 Å². The standard InChI is InChI=1S/C18H18ClN3O3S/c1-11-3-8-15(12(2)9-11)25-10-16(23)20-18(26)22-21-17(24)13-4-6-14(19)7-5-13/h3-9H,10H2,1-2H3,(H,21,24)(H2,20,22,23,26). The Morgan fingerprint density at radius 3 is 2.42 bits per heavy atom. The van der Waals surface area contributed by atoms with Crippen LogP contribution in [0.15, 0.2) is 42.5 Å². The summed E-state index contributed by atoms with van der Waals surface area (Å²) in [6.07, 6.45) is 0. The smallest absolute Gasteiger partial charge is 0.269 e. The van der Waals surface area contributed by atoms with Gasteiger partial charge < -0.3 is 4.74 Å². The van der Waals surface area contributed by atoms with Crippen LogP contribution in [0.25, 0.3) is 0 Å². The maximum absolute atomic E-state index is 11.9. The van der Waals surface area contributed by atoms with Gasteiger partial charge in [-0.3, -0.25) is 25.8 Å². The molecule has 0 fully saturated rings. The number of nitrogens with one attached hydrogen (secondary N) is 3. The number of carbonyl (C=O) groups is 2. The van der Waals surface area contributed by atoms with Crippen LogP contribution in [0.3, 0.4) is 0 Å². The minimum Gasteiger partial charge on any atom is -0.483 e. The summed E-state index contributed by atoms with van der Waals surface area (Å²) in [4.78, 5) is 23.8. The largest absolute Gasteiger partial charge is 0.483 e. The average molecular weight is 392 g/mol. The maximum atomic E-state index is 11.9. The SMILES string of the molecule is Cc1ccc(OCC(=O)NC(=S)NNC(=O)c2ccc(Cl)cc2)c(C)c1. The Balaban J connectivity index is 1.75. The predicted molar refractivity (Wildman–Crippen MR) is 104 cm³/mol. The molecule has 0 radical (unpaired) electrons. The molecule has 0 aliphatic heterocycles. The van der Waals surface area contributed by atoms with Crippen molar-refractivity contribution in [1.29, 1.82) is 0 Å². The van der Waals surface area contributed by atoms with Crippen LogP contribution < -0.4 is 20.9 Å². The average Bonchev–Trinajstić information content (AvgIpc) is 2.59. The Morgan fingerprint density at radius 2 is 1.77 bits per heavy atom. The molecule has 0 aromatic heterocycles. The van der Waals surface area contributed by atoms with E-state index in [0.29, 0.717) is 16.3 Å². The quantitative estimate of drug-likeness (QED) is 0.551. The summed E-state index contributed by atoms with van der Waals surface area (Å²) in [6, 6.07) is 12.0. The Kier molecular flexibility index (Phi) is 6.94. The molecule has 0 bridgehead atoms. The zero-order valence-corrected chi connectivity index (χ0v) is 15.8. The molecule has 136 valence electrons. The van der Waals surface area contributed by atoms with Gasteiger partial charge in [0.25, 0.3) is 11.8 Å². The third-order valence-corrected chi connectivity index (χ3v) is 3.79. The number of rotatable bonds is 4. The molecule has 2 rings (SSSR count). The number of ether oxygens (including phenoxy) is 1. The monoisotopic (exact) mass is 391 g/mol. The van der Waals surface area contributed by atoms with Gasteiger partial charge in [-0.1, -0.05) is 29.3 Å². The highest BCUT2D eigenvalue weighted by molar-refractivity contribution is 7.80. The zero-order valence-electron chi connectivity index (χ0n) is 14.3. The fourth-order valence-corrected chi connectivity index (χ4v) is 2.38. The number of hydrogen-bond acceptors (Lipinski definition) is 4. The van der Waals surface area contributed by atoms with Gasteiger partial charge in [-0.05, 0) is 62.0 Å². The molecule has 26 heavy (non-hydrogen) atoms. The molecule has 2 aromatic carbocycles. The van der Waals surface area contributed by atoms with Crippen molar-refractivity contribution in [3.05, 3.63) is 64.2 Å². The second-order valence-corrected chi connectivity index (χ2v) is 6.37. The van der Waals surface area contributed by atoms with E-state index in [9.17, 15) is 9.59 Å². The lowest BCUT2D eigenvalue weighted by Gasteiger charge is -2.12. The lowest BCUT2D eigenvalue weighted by Crippen LogP contribution is -2.49. The van der Waals surface area contributed by atoms with Crippen molar-refractivity contribution in [3.63, 3.8) is 0 Å². The van der Waals surface area contributed by atoms with E-state index in [1.54, 1.807) is 30.3 Å². The van der Waals surface area contributed by atoms with Crippen LogP contribution in [-0.2, 0) is 4.79 Å². The molecule has 0 saturated heterocycles. The Morgan fingerprint density at radius 1 is 1.08 bits per heavy atom. The van der Waals surface area contributed by atoms with Crippen LogP contribution in [0.1, 0.15) is 21.5 Å². The van der Waals surface area contributed by atoms with Crippen LogP contribution in [0.2, 0.25) is 5.02 Å². The first kappa shape index (κ1) is 19.7. The number of carbonyl (C=O) groups excluding carboxylic acids is 2. The molecule has 0 atom stereocenters. The molecule has 2 aromatic rings. The van der Waals surface area contributed by atoms with Crippen LogP contribution >= 0.6 is 23.8 Å². The van der Waals surface area contributed by atoms with Crippen molar-refractivity contribution >= 4 is 40.7 Å². The Labute approximate surface area is 161 Å². The number of halogens is 1. The summed E-state index contributed by atoms with van der Waals surface area (Å²) < 4.78 is 5.46. The van der Waals surface area contributed by atoms with Crippen molar-refractivity contribution in [2.75, 3.05) is 6.61 Å². The van der Waals surface area contributed by atoms with Gasteiger partial charge in [-0.15, -0.1) is 0 Å². The Bertz CT molecular complexity index is 825. The van der Waals surface area contributed by atoms with E-state index in [4.69, 9.17) is 28.6 Å². The lowest BCUT2D eigenvalue weighted by atomic mass is 10.1. The molecule has 0 aliphatic carbocycles. The first-order valence-corrected chi connectivity index (χ1v) is 8.49. The second-order valence-electron chi connectivity index (χ2n) is 5.52. The molecule has 2 amide bonds. The highest BCUT2D eigenvalue weighted by Gasteiger charge is 2.09. The number of hydrazine groups is 1. The highest BCUT2D eigenvalue weighted by atomic mass is 35.5. The molecule has 0 saturated carbocycles. The van der Waals surface area contributed by atoms with Gasteiger partial charge >= 0.3 is 0 Å². The van der Waals surface area contributed by atoms with E-state index in [2.05, 4.69) is 16.2 Å². The molecule has 8 heteroatoms. The van der Waals surface area contributed by atoms with Crippen molar-refractivity contribution in [3.8, 4) is 5.75 Å². The zero-order chi connectivity index (χ0) is 19.1. The first-order valence-electron chi connectivity index (χ1n) is 7.71. The molecule has 0 spiro atoms.